The first kappa shape index (κ1) is 14.6. The van der Waals surface area contributed by atoms with Gasteiger partial charge in [-0.25, -0.2) is 0 Å². The molecule has 0 saturated heterocycles. The molecule has 1 nitrogen and oxygen atoms in total. The second kappa shape index (κ2) is 6.09. The SMILES string of the molecule is NC(CCc1ccccc1)c1ccc(C(F)(F)F)cc1. The third-order valence-electron chi connectivity index (χ3n) is 3.25. The fraction of sp³-hybridized carbons (Fsp3) is 0.250. The van der Waals surface area contributed by atoms with E-state index in [4.69, 9.17) is 5.73 Å². The van der Waals surface area contributed by atoms with Crippen LogP contribution in [0.3, 0.4) is 0 Å². The maximum atomic E-state index is 12.5. The van der Waals surface area contributed by atoms with E-state index in [1.54, 1.807) is 0 Å². The Morgan fingerprint density at radius 1 is 0.900 bits per heavy atom. The average Bonchev–Trinajstić information content (AvgIpc) is 2.45. The van der Waals surface area contributed by atoms with E-state index in [0.717, 1.165) is 24.1 Å². The Hall–Kier alpha value is -1.81. The van der Waals surface area contributed by atoms with Gasteiger partial charge in [0.1, 0.15) is 0 Å². The van der Waals surface area contributed by atoms with Crippen molar-refractivity contribution in [1.29, 1.82) is 0 Å². The van der Waals surface area contributed by atoms with Gasteiger partial charge >= 0.3 is 6.18 Å². The highest BCUT2D eigenvalue weighted by molar-refractivity contribution is 5.27. The normalized spacial score (nSPS) is 13.2. The van der Waals surface area contributed by atoms with Crippen molar-refractivity contribution >= 4 is 0 Å². The van der Waals surface area contributed by atoms with Gasteiger partial charge in [-0.1, -0.05) is 42.5 Å². The number of halogens is 3. The smallest absolute Gasteiger partial charge is 0.324 e. The molecule has 0 aliphatic carbocycles. The molecule has 0 saturated carbocycles. The van der Waals surface area contributed by atoms with Crippen molar-refractivity contribution in [2.75, 3.05) is 0 Å². The summed E-state index contributed by atoms with van der Waals surface area (Å²) in [5, 5.41) is 0. The number of nitrogens with two attached hydrogens (primary N) is 1. The van der Waals surface area contributed by atoms with E-state index in [2.05, 4.69) is 0 Å². The molecule has 106 valence electrons. The van der Waals surface area contributed by atoms with E-state index >= 15 is 0 Å². The van der Waals surface area contributed by atoms with Crippen molar-refractivity contribution in [2.45, 2.75) is 25.1 Å². The molecule has 4 heteroatoms. The van der Waals surface area contributed by atoms with Crippen molar-refractivity contribution in [3.8, 4) is 0 Å². The van der Waals surface area contributed by atoms with Gasteiger partial charge in [-0.3, -0.25) is 0 Å². The predicted octanol–water partition coefficient (Wildman–Crippen LogP) is 4.34. The van der Waals surface area contributed by atoms with Crippen LogP contribution in [-0.4, -0.2) is 0 Å². The van der Waals surface area contributed by atoms with Gasteiger partial charge in [-0.15, -0.1) is 0 Å². The number of benzene rings is 2. The van der Waals surface area contributed by atoms with Gasteiger partial charge in [0.2, 0.25) is 0 Å². The van der Waals surface area contributed by atoms with E-state index < -0.39 is 11.7 Å². The van der Waals surface area contributed by atoms with Crippen LogP contribution in [0.15, 0.2) is 54.6 Å². The van der Waals surface area contributed by atoms with Crippen molar-refractivity contribution in [3.63, 3.8) is 0 Å². The minimum Gasteiger partial charge on any atom is -0.324 e. The Kier molecular flexibility index (Phi) is 4.45. The minimum atomic E-state index is -4.30. The summed E-state index contributed by atoms with van der Waals surface area (Å²) in [6.07, 6.45) is -2.79. The van der Waals surface area contributed by atoms with Gasteiger partial charge in [-0.05, 0) is 36.1 Å². The van der Waals surface area contributed by atoms with Crippen LogP contribution in [0.1, 0.15) is 29.2 Å². The van der Waals surface area contributed by atoms with Gasteiger partial charge in [0, 0.05) is 6.04 Å². The summed E-state index contributed by atoms with van der Waals surface area (Å²) in [5.74, 6) is 0. The van der Waals surface area contributed by atoms with Gasteiger partial charge in [-0.2, -0.15) is 13.2 Å². The molecule has 0 aliphatic rings. The molecule has 20 heavy (non-hydrogen) atoms. The van der Waals surface area contributed by atoms with E-state index in [1.807, 2.05) is 30.3 Å². The molecule has 1 atom stereocenters. The summed E-state index contributed by atoms with van der Waals surface area (Å²) in [5.41, 5.74) is 7.28. The molecule has 0 amide bonds. The molecule has 0 spiro atoms. The van der Waals surface area contributed by atoms with Crippen LogP contribution >= 0.6 is 0 Å². The van der Waals surface area contributed by atoms with Crippen LogP contribution in [-0.2, 0) is 12.6 Å². The summed E-state index contributed by atoms with van der Waals surface area (Å²) in [6, 6.07) is 14.7. The lowest BCUT2D eigenvalue weighted by molar-refractivity contribution is -0.137. The zero-order valence-corrected chi connectivity index (χ0v) is 10.9. The lowest BCUT2D eigenvalue weighted by Gasteiger charge is -2.13. The second-order valence-corrected chi connectivity index (χ2v) is 4.75. The molecule has 2 rings (SSSR count). The topological polar surface area (TPSA) is 26.0 Å². The number of rotatable bonds is 4. The van der Waals surface area contributed by atoms with Gasteiger partial charge < -0.3 is 5.73 Å². The van der Waals surface area contributed by atoms with Crippen LogP contribution in [0.2, 0.25) is 0 Å². The van der Waals surface area contributed by atoms with E-state index in [-0.39, 0.29) is 6.04 Å². The highest BCUT2D eigenvalue weighted by Gasteiger charge is 2.30. The van der Waals surface area contributed by atoms with Crippen molar-refractivity contribution in [1.82, 2.24) is 0 Å². The molecular formula is C16H16F3N. The monoisotopic (exact) mass is 279 g/mol. The molecule has 0 aliphatic heterocycles. The van der Waals surface area contributed by atoms with Crippen molar-refractivity contribution < 1.29 is 13.2 Å². The Balaban J connectivity index is 1.97. The standard InChI is InChI=1S/C16H16F3N/c17-16(18,19)14-9-7-13(8-10-14)15(20)11-6-12-4-2-1-3-5-12/h1-5,7-10,15H,6,11,20H2. The lowest BCUT2D eigenvalue weighted by atomic mass is 9.99. The average molecular weight is 279 g/mol. The first-order valence-corrected chi connectivity index (χ1v) is 6.43. The molecule has 0 radical (unpaired) electrons. The van der Waals surface area contributed by atoms with Gasteiger partial charge in [0.15, 0.2) is 0 Å². The predicted molar refractivity (Wildman–Crippen MR) is 73.1 cm³/mol. The van der Waals surface area contributed by atoms with Crippen LogP contribution in [0, 0.1) is 0 Å². The van der Waals surface area contributed by atoms with Crippen LogP contribution in [0.4, 0.5) is 13.2 Å². The zero-order chi connectivity index (χ0) is 14.6. The zero-order valence-electron chi connectivity index (χ0n) is 10.9. The third-order valence-corrected chi connectivity index (χ3v) is 3.25. The summed E-state index contributed by atoms with van der Waals surface area (Å²) in [6.45, 7) is 0. The lowest BCUT2D eigenvalue weighted by Crippen LogP contribution is -2.12. The van der Waals surface area contributed by atoms with Gasteiger partial charge in [0.25, 0.3) is 0 Å². The fourth-order valence-electron chi connectivity index (χ4n) is 2.05. The third kappa shape index (κ3) is 3.84. The molecule has 0 bridgehead atoms. The molecule has 0 aromatic heterocycles. The van der Waals surface area contributed by atoms with E-state index in [1.165, 1.54) is 17.7 Å². The highest BCUT2D eigenvalue weighted by Crippen LogP contribution is 2.30. The molecule has 0 fully saturated rings. The number of aryl methyl sites for hydroxylation is 1. The Bertz CT molecular complexity index is 532. The van der Waals surface area contributed by atoms with Crippen LogP contribution in [0.5, 0.6) is 0 Å². The Morgan fingerprint density at radius 2 is 1.50 bits per heavy atom. The van der Waals surface area contributed by atoms with E-state index in [9.17, 15) is 13.2 Å². The maximum Gasteiger partial charge on any atom is 0.416 e. The molecule has 2 aromatic carbocycles. The Morgan fingerprint density at radius 3 is 2.05 bits per heavy atom. The number of hydrogen-bond donors (Lipinski definition) is 1. The minimum absolute atomic E-state index is 0.252. The van der Waals surface area contributed by atoms with Crippen LogP contribution < -0.4 is 5.73 Å². The number of hydrogen-bond acceptors (Lipinski definition) is 1. The Labute approximate surface area is 116 Å². The number of alkyl halides is 3. The summed E-state index contributed by atoms with van der Waals surface area (Å²) >= 11 is 0. The second-order valence-electron chi connectivity index (χ2n) is 4.75. The highest BCUT2D eigenvalue weighted by atomic mass is 19.4. The molecule has 2 N–H and O–H groups in total. The summed E-state index contributed by atoms with van der Waals surface area (Å²) in [7, 11) is 0. The summed E-state index contributed by atoms with van der Waals surface area (Å²) < 4.78 is 37.4. The largest absolute Gasteiger partial charge is 0.416 e. The fourth-order valence-corrected chi connectivity index (χ4v) is 2.05. The van der Waals surface area contributed by atoms with E-state index in [0.29, 0.717) is 6.42 Å². The molecule has 2 aromatic rings. The maximum absolute atomic E-state index is 12.5. The summed E-state index contributed by atoms with van der Waals surface area (Å²) in [4.78, 5) is 0. The van der Waals surface area contributed by atoms with Gasteiger partial charge in [0.05, 0.1) is 5.56 Å². The molecule has 0 heterocycles. The first-order valence-electron chi connectivity index (χ1n) is 6.43. The quantitative estimate of drug-likeness (QED) is 0.885. The molecule has 1 unspecified atom stereocenters. The van der Waals surface area contributed by atoms with Crippen LogP contribution in [0.25, 0.3) is 0 Å². The van der Waals surface area contributed by atoms with Crippen molar-refractivity contribution in [3.05, 3.63) is 71.3 Å². The first-order chi connectivity index (χ1) is 9.47. The molecular weight excluding hydrogens is 263 g/mol. The van der Waals surface area contributed by atoms with Crippen molar-refractivity contribution in [2.24, 2.45) is 5.73 Å².